The number of anilines is 2. The number of benzene rings is 1. The Morgan fingerprint density at radius 2 is 1.94 bits per heavy atom. The molecule has 0 saturated carbocycles. The summed E-state index contributed by atoms with van der Waals surface area (Å²) in [6.07, 6.45) is 7.15. The van der Waals surface area contributed by atoms with Gasteiger partial charge in [-0.1, -0.05) is 18.2 Å². The van der Waals surface area contributed by atoms with Crippen molar-refractivity contribution in [2.24, 2.45) is 0 Å². The van der Waals surface area contributed by atoms with Crippen LogP contribution in [0.5, 0.6) is 0 Å². The number of para-hydroxylation sites is 1. The molecule has 0 radical (unpaired) electrons. The standard InChI is InChI=1S/C26H23FN8O/c1-15-5-3-6-16(2)23(15)32-26(36)20-12-29-22(13-28-20)34-10-8-18-24(31-14-30-18)25(34)19-11-21-17(27)7-4-9-35(21)33-19/h3-7,9,11-14,25H,8,10H2,1-2H3,(H,30,31)(H,32,36)/t25-/m1/s1. The Bertz CT molecular complexity index is 1570. The number of aryl methyl sites for hydroxylation is 2. The van der Waals surface area contributed by atoms with E-state index in [0.29, 0.717) is 23.6 Å². The summed E-state index contributed by atoms with van der Waals surface area (Å²) in [5.41, 5.74) is 5.78. The molecule has 0 spiro atoms. The van der Waals surface area contributed by atoms with E-state index in [-0.39, 0.29) is 23.5 Å². The zero-order valence-corrected chi connectivity index (χ0v) is 19.7. The van der Waals surface area contributed by atoms with E-state index in [0.717, 1.165) is 34.6 Å². The topological polar surface area (TPSA) is 104 Å². The molecule has 36 heavy (non-hydrogen) atoms. The molecule has 5 heterocycles. The first-order valence-corrected chi connectivity index (χ1v) is 11.6. The van der Waals surface area contributed by atoms with E-state index in [1.54, 1.807) is 30.9 Å². The first-order chi connectivity index (χ1) is 17.5. The third-order valence-electron chi connectivity index (χ3n) is 6.56. The summed E-state index contributed by atoms with van der Waals surface area (Å²) in [6.45, 7) is 4.52. The number of nitrogens with one attached hydrogen (secondary N) is 2. The van der Waals surface area contributed by atoms with Gasteiger partial charge in [0, 0.05) is 30.5 Å². The number of carbonyl (C=O) groups excluding carboxylic acids is 1. The summed E-state index contributed by atoms with van der Waals surface area (Å²) in [7, 11) is 0. The molecule has 0 saturated heterocycles. The molecule has 4 aromatic heterocycles. The zero-order valence-electron chi connectivity index (χ0n) is 19.7. The average Bonchev–Trinajstić information content (AvgIpc) is 3.54. The Kier molecular flexibility index (Phi) is 5.21. The minimum Gasteiger partial charge on any atom is -0.348 e. The fourth-order valence-corrected chi connectivity index (χ4v) is 4.73. The van der Waals surface area contributed by atoms with Crippen LogP contribution >= 0.6 is 0 Å². The summed E-state index contributed by atoms with van der Waals surface area (Å²) in [6, 6.07) is 10.2. The van der Waals surface area contributed by atoms with Crippen molar-refractivity contribution in [2.75, 3.05) is 16.8 Å². The van der Waals surface area contributed by atoms with E-state index in [1.807, 2.05) is 36.9 Å². The van der Waals surface area contributed by atoms with Gasteiger partial charge < -0.3 is 15.2 Å². The Balaban J connectivity index is 1.33. The van der Waals surface area contributed by atoms with Crippen molar-refractivity contribution >= 4 is 22.9 Å². The third kappa shape index (κ3) is 3.67. The van der Waals surface area contributed by atoms with Gasteiger partial charge in [0.25, 0.3) is 5.91 Å². The average molecular weight is 483 g/mol. The zero-order chi connectivity index (χ0) is 24.8. The lowest BCUT2D eigenvalue weighted by atomic mass is 10.00. The van der Waals surface area contributed by atoms with Crippen LogP contribution in [0, 0.1) is 19.7 Å². The molecule has 1 aliphatic rings. The molecule has 0 fully saturated rings. The van der Waals surface area contributed by atoms with Crippen LogP contribution < -0.4 is 10.2 Å². The highest BCUT2D eigenvalue weighted by molar-refractivity contribution is 6.03. The van der Waals surface area contributed by atoms with Crippen LogP contribution in [-0.4, -0.2) is 42.0 Å². The molecule has 10 heteroatoms. The van der Waals surface area contributed by atoms with Crippen LogP contribution in [0.1, 0.15) is 44.7 Å². The second kappa shape index (κ2) is 8.56. The van der Waals surface area contributed by atoms with Crippen molar-refractivity contribution in [3.05, 3.63) is 101 Å². The number of aromatic amines is 1. The van der Waals surface area contributed by atoms with E-state index in [4.69, 9.17) is 0 Å². The number of hydrogen-bond donors (Lipinski definition) is 2. The van der Waals surface area contributed by atoms with Gasteiger partial charge in [-0.05, 0) is 43.2 Å². The van der Waals surface area contributed by atoms with Gasteiger partial charge in [0.2, 0.25) is 0 Å². The maximum absolute atomic E-state index is 14.4. The normalized spacial score (nSPS) is 15.2. The van der Waals surface area contributed by atoms with Crippen molar-refractivity contribution in [3.63, 3.8) is 0 Å². The van der Waals surface area contributed by atoms with Crippen LogP contribution in [0.15, 0.2) is 61.3 Å². The summed E-state index contributed by atoms with van der Waals surface area (Å²) < 4.78 is 15.9. The third-order valence-corrected chi connectivity index (χ3v) is 6.56. The van der Waals surface area contributed by atoms with Crippen molar-refractivity contribution in [1.82, 2.24) is 29.5 Å². The van der Waals surface area contributed by atoms with Crippen molar-refractivity contribution in [2.45, 2.75) is 26.3 Å². The number of aromatic nitrogens is 6. The maximum atomic E-state index is 14.4. The Hall–Kier alpha value is -4.60. The van der Waals surface area contributed by atoms with Crippen molar-refractivity contribution in [1.29, 1.82) is 0 Å². The highest BCUT2D eigenvalue weighted by Gasteiger charge is 2.34. The molecule has 180 valence electrons. The fraction of sp³-hybridized carbons (Fsp3) is 0.192. The Morgan fingerprint density at radius 1 is 1.11 bits per heavy atom. The molecular weight excluding hydrogens is 459 g/mol. The van der Waals surface area contributed by atoms with Gasteiger partial charge in [-0.25, -0.2) is 23.9 Å². The molecule has 1 atom stereocenters. The number of H-pyrrole nitrogens is 1. The van der Waals surface area contributed by atoms with Crippen molar-refractivity contribution in [3.8, 4) is 0 Å². The summed E-state index contributed by atoms with van der Waals surface area (Å²) >= 11 is 0. The second-order valence-electron chi connectivity index (χ2n) is 8.85. The van der Waals surface area contributed by atoms with E-state index in [2.05, 4.69) is 30.4 Å². The van der Waals surface area contributed by atoms with Gasteiger partial charge >= 0.3 is 0 Å². The molecule has 0 unspecified atom stereocenters. The highest BCUT2D eigenvalue weighted by atomic mass is 19.1. The maximum Gasteiger partial charge on any atom is 0.275 e. The van der Waals surface area contributed by atoms with Gasteiger partial charge in [0.1, 0.15) is 28.9 Å². The molecule has 0 bridgehead atoms. The molecule has 5 aromatic rings. The van der Waals surface area contributed by atoms with Gasteiger partial charge in [-0.3, -0.25) is 4.79 Å². The van der Waals surface area contributed by atoms with Gasteiger partial charge in [-0.2, -0.15) is 5.10 Å². The van der Waals surface area contributed by atoms with Crippen LogP contribution in [-0.2, 0) is 6.42 Å². The summed E-state index contributed by atoms with van der Waals surface area (Å²) in [5.74, 6) is -0.0956. The van der Waals surface area contributed by atoms with Gasteiger partial charge in [0.15, 0.2) is 0 Å². The molecule has 2 N–H and O–H groups in total. The van der Waals surface area contributed by atoms with E-state index < -0.39 is 0 Å². The lowest BCUT2D eigenvalue weighted by Crippen LogP contribution is -2.37. The molecule has 1 amide bonds. The lowest BCUT2D eigenvalue weighted by molar-refractivity contribution is 0.102. The van der Waals surface area contributed by atoms with Crippen LogP contribution in [0.3, 0.4) is 0 Å². The molecular formula is C26H23FN8O. The molecule has 9 nitrogen and oxygen atoms in total. The lowest BCUT2D eigenvalue weighted by Gasteiger charge is -2.34. The first-order valence-electron chi connectivity index (χ1n) is 11.6. The van der Waals surface area contributed by atoms with Crippen LogP contribution in [0.25, 0.3) is 5.52 Å². The predicted molar refractivity (Wildman–Crippen MR) is 133 cm³/mol. The number of imidazole rings is 1. The monoisotopic (exact) mass is 482 g/mol. The number of carbonyl (C=O) groups is 1. The summed E-state index contributed by atoms with van der Waals surface area (Å²) in [4.78, 5) is 31.6. The highest BCUT2D eigenvalue weighted by Crippen LogP contribution is 2.36. The molecule has 1 aromatic carbocycles. The number of hydrogen-bond acceptors (Lipinski definition) is 6. The second-order valence-corrected chi connectivity index (χ2v) is 8.85. The number of halogens is 1. The number of nitrogens with zero attached hydrogens (tertiary/aromatic N) is 6. The van der Waals surface area contributed by atoms with E-state index in [9.17, 15) is 9.18 Å². The van der Waals surface area contributed by atoms with Crippen molar-refractivity contribution < 1.29 is 9.18 Å². The number of amides is 1. The molecule has 1 aliphatic heterocycles. The van der Waals surface area contributed by atoms with Gasteiger partial charge in [-0.15, -0.1) is 0 Å². The van der Waals surface area contributed by atoms with E-state index >= 15 is 0 Å². The van der Waals surface area contributed by atoms with Crippen LogP contribution in [0.2, 0.25) is 0 Å². The predicted octanol–water partition coefficient (Wildman–Crippen LogP) is 4.01. The molecule has 6 rings (SSSR count). The number of rotatable bonds is 4. The summed E-state index contributed by atoms with van der Waals surface area (Å²) in [5, 5.41) is 7.57. The molecule has 0 aliphatic carbocycles. The number of pyridine rings is 1. The SMILES string of the molecule is Cc1cccc(C)c1NC(=O)c1cnc(N2CCc3[nH]cnc3[C@H]2c2cc3c(F)cccn3n2)cn1. The van der Waals surface area contributed by atoms with Crippen LogP contribution in [0.4, 0.5) is 15.9 Å². The minimum atomic E-state index is -0.386. The Labute approximate surface area is 206 Å². The fourth-order valence-electron chi connectivity index (χ4n) is 4.73. The largest absolute Gasteiger partial charge is 0.348 e. The van der Waals surface area contributed by atoms with Gasteiger partial charge in [0.05, 0.1) is 30.1 Å². The van der Waals surface area contributed by atoms with E-state index in [1.165, 1.54) is 16.8 Å². The first kappa shape index (κ1) is 21.9. The smallest absolute Gasteiger partial charge is 0.275 e. The minimum absolute atomic E-state index is 0.213. The Morgan fingerprint density at radius 3 is 2.69 bits per heavy atom. The number of fused-ring (bicyclic) bond motifs is 2. The quantitative estimate of drug-likeness (QED) is 0.401.